The molecule has 0 fully saturated rings. The molecule has 580 valence electrons. The van der Waals surface area contributed by atoms with Crippen LogP contribution in [-0.4, -0.2) is 95.9 Å². The number of hydrogen-bond acceptors (Lipinski definition) is 14. The Bertz CT molecular complexity index is 2370. The number of phosphoric acid groups is 2. The number of esters is 3. The molecule has 101 heavy (non-hydrogen) atoms. The number of ether oxygens (including phenoxy) is 3. The zero-order valence-electron chi connectivity index (χ0n) is 63.3. The van der Waals surface area contributed by atoms with Crippen LogP contribution in [0.4, 0.5) is 0 Å². The van der Waals surface area contributed by atoms with E-state index in [1.807, 2.05) is 0 Å². The molecular weight excluding hydrogens is 1310 g/mol. The van der Waals surface area contributed by atoms with Crippen molar-refractivity contribution in [2.75, 3.05) is 39.6 Å². The molecule has 0 bridgehead atoms. The molecule has 16 nitrogen and oxygen atoms in total. The molecule has 0 aliphatic heterocycles. The lowest BCUT2D eigenvalue weighted by Crippen LogP contribution is -2.30. The molecule has 0 aromatic carbocycles. The van der Waals surface area contributed by atoms with E-state index in [2.05, 4.69) is 154 Å². The molecule has 4 N–H and O–H groups in total. The minimum atomic E-state index is -4.93. The number of hydrogen-bond donors (Lipinski definition) is 4. The quantitative estimate of drug-likeness (QED) is 0.0146. The van der Waals surface area contributed by atoms with Gasteiger partial charge in [0.25, 0.3) is 0 Å². The van der Waals surface area contributed by atoms with Gasteiger partial charge in [0.1, 0.15) is 25.4 Å². The van der Waals surface area contributed by atoms with E-state index in [1.54, 1.807) is 0 Å². The number of carbonyl (C=O) groups excluding carboxylic acids is 3. The molecular formula is C83H142O16P2. The Kier molecular flexibility index (Phi) is 72.2. The van der Waals surface area contributed by atoms with Gasteiger partial charge in [-0.05, 0) is 141 Å². The number of rotatable bonds is 74. The van der Waals surface area contributed by atoms with Crippen molar-refractivity contribution in [2.24, 2.45) is 0 Å². The third kappa shape index (κ3) is 76.6. The van der Waals surface area contributed by atoms with Crippen molar-refractivity contribution in [1.29, 1.82) is 0 Å². The van der Waals surface area contributed by atoms with Crippen molar-refractivity contribution >= 4 is 33.6 Å². The first-order valence-corrected chi connectivity index (χ1v) is 42.5. The maximum atomic E-state index is 12.9. The maximum Gasteiger partial charge on any atom is 0.472 e. The molecule has 0 saturated carbocycles. The molecule has 5 atom stereocenters. The van der Waals surface area contributed by atoms with Gasteiger partial charge in [0, 0.05) is 19.3 Å². The Hall–Kier alpha value is -4.31. The summed E-state index contributed by atoms with van der Waals surface area (Å²) in [6.07, 6.45) is 90.7. The molecule has 0 rings (SSSR count). The predicted molar refractivity (Wildman–Crippen MR) is 417 cm³/mol. The molecule has 0 aromatic heterocycles. The van der Waals surface area contributed by atoms with Gasteiger partial charge in [-0.1, -0.05) is 289 Å². The second-order valence-electron chi connectivity index (χ2n) is 26.1. The van der Waals surface area contributed by atoms with Gasteiger partial charge in [-0.15, -0.1) is 0 Å². The SMILES string of the molecule is CC/C=C\C/C=C\C/C=C\C/C=C\C/C=C\C/C=C\CCCCCCCCCCC(=O)OCC(O)COP(=O)(O)OCC(O)COP(=O)(O)OCC(COC(=O)CCCCCCCCCCC/C=C\C/C=C\C/C=C\C/C=C\CCCCC)OC(=O)CCCCCCC/C=C\CCCCCC. The highest BCUT2D eigenvalue weighted by Crippen LogP contribution is 2.45. The fourth-order valence-electron chi connectivity index (χ4n) is 10.3. The summed E-state index contributed by atoms with van der Waals surface area (Å²) < 4.78 is 61.1. The van der Waals surface area contributed by atoms with Crippen molar-refractivity contribution in [3.63, 3.8) is 0 Å². The Morgan fingerprint density at radius 3 is 0.861 bits per heavy atom. The zero-order valence-corrected chi connectivity index (χ0v) is 65.1. The summed E-state index contributed by atoms with van der Waals surface area (Å²) in [6.45, 7) is 2.50. The molecule has 5 unspecified atom stereocenters. The fraction of sp³-hybridized carbons (Fsp3) is 0.699. The molecule has 0 heterocycles. The van der Waals surface area contributed by atoms with Gasteiger partial charge >= 0.3 is 33.6 Å². The zero-order chi connectivity index (χ0) is 73.7. The third-order valence-corrected chi connectivity index (χ3v) is 18.2. The summed E-state index contributed by atoms with van der Waals surface area (Å²) in [7, 11) is -9.80. The molecule has 18 heteroatoms. The normalized spacial score (nSPS) is 14.7. The first kappa shape index (κ1) is 96.7. The Labute approximate surface area is 614 Å². The molecule has 0 aliphatic rings. The summed E-state index contributed by atoms with van der Waals surface area (Å²) in [5.41, 5.74) is 0. The number of allylic oxidation sites excluding steroid dienone is 22. The van der Waals surface area contributed by atoms with Crippen LogP contribution < -0.4 is 0 Å². The van der Waals surface area contributed by atoms with E-state index < -0.39 is 91.5 Å². The van der Waals surface area contributed by atoms with E-state index in [4.69, 9.17) is 32.3 Å². The minimum absolute atomic E-state index is 0.0912. The van der Waals surface area contributed by atoms with Crippen LogP contribution >= 0.6 is 15.6 Å². The Morgan fingerprint density at radius 2 is 0.525 bits per heavy atom. The second-order valence-corrected chi connectivity index (χ2v) is 29.0. The number of aliphatic hydroxyl groups is 2. The van der Waals surface area contributed by atoms with Crippen molar-refractivity contribution in [1.82, 2.24) is 0 Å². The molecule has 0 aromatic rings. The van der Waals surface area contributed by atoms with Crippen LogP contribution in [0.25, 0.3) is 0 Å². The third-order valence-electron chi connectivity index (χ3n) is 16.3. The lowest BCUT2D eigenvalue weighted by molar-refractivity contribution is -0.161. The number of aliphatic hydroxyl groups excluding tert-OH is 2. The van der Waals surface area contributed by atoms with Crippen LogP contribution in [0.3, 0.4) is 0 Å². The molecule has 0 amide bonds. The Balaban J connectivity index is 4.55. The predicted octanol–water partition coefficient (Wildman–Crippen LogP) is 23.1. The van der Waals surface area contributed by atoms with Crippen molar-refractivity contribution in [3.8, 4) is 0 Å². The van der Waals surface area contributed by atoms with Gasteiger partial charge in [0.2, 0.25) is 0 Å². The van der Waals surface area contributed by atoms with E-state index in [9.17, 15) is 43.5 Å². The van der Waals surface area contributed by atoms with Crippen LogP contribution in [0.5, 0.6) is 0 Å². The van der Waals surface area contributed by atoms with E-state index in [-0.39, 0.29) is 19.3 Å². The van der Waals surface area contributed by atoms with Crippen LogP contribution in [0.2, 0.25) is 0 Å². The fourth-order valence-corrected chi connectivity index (χ4v) is 11.9. The lowest BCUT2D eigenvalue weighted by Gasteiger charge is -2.21. The van der Waals surface area contributed by atoms with Gasteiger partial charge in [-0.3, -0.25) is 32.5 Å². The van der Waals surface area contributed by atoms with Crippen LogP contribution in [0.1, 0.15) is 316 Å². The number of phosphoric ester groups is 2. The van der Waals surface area contributed by atoms with Gasteiger partial charge in [0.15, 0.2) is 6.10 Å². The summed E-state index contributed by atoms with van der Waals surface area (Å²) in [5, 5.41) is 20.6. The minimum Gasteiger partial charge on any atom is -0.463 e. The van der Waals surface area contributed by atoms with Crippen molar-refractivity contribution in [3.05, 3.63) is 134 Å². The average molecular weight is 1460 g/mol. The standard InChI is InChI=1S/C83H142O16P2/c1-4-7-10-13-16-19-22-25-27-29-31-33-35-37-38-40-42-43-45-47-49-52-54-57-60-63-66-69-81(86)93-72-78(84)73-95-100(89,90)96-74-79(85)75-97-101(91,92)98-77-80(99-83(88)71-68-65-62-59-56-51-24-21-18-15-12-9-6-3)76-94-82(87)70-67-64-61-58-55-53-50-48-46-44-41-39-36-34-32-30-28-26-23-20-17-14-11-8-5-2/h7,10,16-17,19-21,24-28,31-34,37-39,41-43,78-80,84-85H,4-6,8-9,11-15,18,22-23,29-30,35-36,40,44-77H2,1-3H3,(H,89,90)(H,91,92)/b10-7-,19-16-,20-17-,24-21-,27-25-,28-26-,33-31-,34-32-,38-37-,41-39-,43-42-. The van der Waals surface area contributed by atoms with Gasteiger partial charge in [-0.2, -0.15) is 0 Å². The summed E-state index contributed by atoms with van der Waals surface area (Å²) in [4.78, 5) is 58.6. The van der Waals surface area contributed by atoms with Crippen LogP contribution in [-0.2, 0) is 55.8 Å². The van der Waals surface area contributed by atoms with Crippen LogP contribution in [0, 0.1) is 0 Å². The van der Waals surface area contributed by atoms with E-state index in [1.165, 1.54) is 96.3 Å². The second kappa shape index (κ2) is 75.4. The molecule has 0 spiro atoms. The van der Waals surface area contributed by atoms with E-state index >= 15 is 0 Å². The van der Waals surface area contributed by atoms with Gasteiger partial charge in [0.05, 0.1) is 26.4 Å². The van der Waals surface area contributed by atoms with E-state index in [0.29, 0.717) is 19.3 Å². The number of unbranched alkanes of at least 4 members (excludes halogenated alkanes) is 29. The lowest BCUT2D eigenvalue weighted by atomic mass is 10.1. The highest BCUT2D eigenvalue weighted by atomic mass is 31.2. The largest absolute Gasteiger partial charge is 0.472 e. The van der Waals surface area contributed by atoms with Gasteiger partial charge < -0.3 is 34.2 Å². The maximum absolute atomic E-state index is 12.9. The topological polar surface area (TPSA) is 231 Å². The average Bonchev–Trinajstić information content (AvgIpc) is 0.949. The highest BCUT2D eigenvalue weighted by Gasteiger charge is 2.29. The number of carbonyl (C=O) groups is 3. The molecule has 0 aliphatic carbocycles. The molecule has 0 radical (unpaired) electrons. The summed E-state index contributed by atoms with van der Waals surface area (Å²) in [5.74, 6) is -1.60. The van der Waals surface area contributed by atoms with Gasteiger partial charge in [-0.25, -0.2) is 9.13 Å². The molecule has 0 saturated heterocycles. The first-order chi connectivity index (χ1) is 49.2. The van der Waals surface area contributed by atoms with Crippen molar-refractivity contribution in [2.45, 2.75) is 334 Å². The smallest absolute Gasteiger partial charge is 0.463 e. The summed E-state index contributed by atoms with van der Waals surface area (Å²) >= 11 is 0. The van der Waals surface area contributed by atoms with E-state index in [0.717, 1.165) is 161 Å². The van der Waals surface area contributed by atoms with Crippen molar-refractivity contribution < 1.29 is 75.8 Å². The first-order valence-electron chi connectivity index (χ1n) is 39.5. The highest BCUT2D eigenvalue weighted by molar-refractivity contribution is 7.47. The monoisotopic (exact) mass is 1460 g/mol. The summed E-state index contributed by atoms with van der Waals surface area (Å²) in [6, 6.07) is 0. The Morgan fingerprint density at radius 1 is 0.287 bits per heavy atom. The van der Waals surface area contributed by atoms with Crippen LogP contribution in [0.15, 0.2) is 134 Å².